The highest BCUT2D eigenvalue weighted by Crippen LogP contribution is 2.36. The van der Waals surface area contributed by atoms with Gasteiger partial charge in [-0.3, -0.25) is 0 Å². The molecule has 8 heteroatoms. The summed E-state index contributed by atoms with van der Waals surface area (Å²) < 4.78 is 39.3. The standard InChI is InChI=1S/C9H9BrF3NO2.ClH/c10-4-1-5(7(16)6(11)2-4)8(14)9(12,13)3-15;/h1-2,8,15-16H,3,14H2;1H/t8-;/m1./s1. The molecular formula is C9H10BrClF3NO2. The zero-order valence-corrected chi connectivity index (χ0v) is 10.7. The first-order chi connectivity index (χ1) is 7.29. The molecule has 3 nitrogen and oxygen atoms in total. The third-order valence-corrected chi connectivity index (χ3v) is 2.52. The van der Waals surface area contributed by atoms with Crippen LogP contribution in [0.2, 0.25) is 0 Å². The fraction of sp³-hybridized carbons (Fsp3) is 0.333. The molecule has 4 N–H and O–H groups in total. The number of halogens is 5. The van der Waals surface area contributed by atoms with E-state index in [1.807, 2.05) is 0 Å². The van der Waals surface area contributed by atoms with Gasteiger partial charge >= 0.3 is 0 Å². The van der Waals surface area contributed by atoms with Crippen molar-refractivity contribution in [2.45, 2.75) is 12.0 Å². The van der Waals surface area contributed by atoms with E-state index in [2.05, 4.69) is 15.9 Å². The quantitative estimate of drug-likeness (QED) is 0.794. The number of benzene rings is 1. The van der Waals surface area contributed by atoms with Crippen LogP contribution in [0.15, 0.2) is 16.6 Å². The second-order valence-electron chi connectivity index (χ2n) is 3.22. The van der Waals surface area contributed by atoms with E-state index in [0.717, 1.165) is 12.1 Å². The minimum Gasteiger partial charge on any atom is -0.505 e. The third-order valence-electron chi connectivity index (χ3n) is 2.06. The highest BCUT2D eigenvalue weighted by molar-refractivity contribution is 9.10. The minimum absolute atomic E-state index is 0. The summed E-state index contributed by atoms with van der Waals surface area (Å²) in [7, 11) is 0. The number of hydrogen-bond acceptors (Lipinski definition) is 3. The van der Waals surface area contributed by atoms with Crippen molar-refractivity contribution in [3.63, 3.8) is 0 Å². The number of aliphatic hydroxyl groups is 1. The fourth-order valence-electron chi connectivity index (χ4n) is 1.15. The molecule has 0 unspecified atom stereocenters. The van der Waals surface area contributed by atoms with Crippen LogP contribution in [0, 0.1) is 5.82 Å². The van der Waals surface area contributed by atoms with Gasteiger partial charge in [0, 0.05) is 10.0 Å². The van der Waals surface area contributed by atoms with Gasteiger partial charge in [0.15, 0.2) is 11.6 Å². The molecular weight excluding hydrogens is 326 g/mol. The van der Waals surface area contributed by atoms with E-state index < -0.39 is 35.7 Å². The molecule has 0 aliphatic heterocycles. The van der Waals surface area contributed by atoms with Crippen molar-refractivity contribution < 1.29 is 23.4 Å². The lowest BCUT2D eigenvalue weighted by molar-refractivity contribution is -0.0716. The van der Waals surface area contributed by atoms with Gasteiger partial charge in [0.1, 0.15) is 12.6 Å². The number of rotatable bonds is 3. The molecule has 0 radical (unpaired) electrons. The van der Waals surface area contributed by atoms with Crippen molar-refractivity contribution in [3.05, 3.63) is 28.0 Å². The first-order valence-electron chi connectivity index (χ1n) is 4.21. The summed E-state index contributed by atoms with van der Waals surface area (Å²) in [5, 5.41) is 17.7. The van der Waals surface area contributed by atoms with Crippen molar-refractivity contribution in [1.29, 1.82) is 0 Å². The van der Waals surface area contributed by atoms with Crippen LogP contribution in [0.25, 0.3) is 0 Å². The number of hydrogen-bond donors (Lipinski definition) is 3. The minimum atomic E-state index is -3.63. The van der Waals surface area contributed by atoms with Gasteiger partial charge in [-0.25, -0.2) is 13.2 Å². The molecule has 0 spiro atoms. The molecule has 98 valence electrons. The van der Waals surface area contributed by atoms with Crippen molar-refractivity contribution in [3.8, 4) is 5.75 Å². The van der Waals surface area contributed by atoms with E-state index in [9.17, 15) is 18.3 Å². The number of aliphatic hydroxyl groups excluding tert-OH is 1. The SMILES string of the molecule is Cl.N[C@H](c1cc(Br)cc(F)c1O)C(F)(F)CO. The molecule has 0 saturated heterocycles. The second kappa shape index (κ2) is 5.90. The normalized spacial score (nSPS) is 13.1. The Labute approximate surface area is 110 Å². The van der Waals surface area contributed by atoms with Crippen molar-refractivity contribution in [2.75, 3.05) is 6.61 Å². The summed E-state index contributed by atoms with van der Waals surface area (Å²) in [6, 6.07) is 0.0134. The molecule has 1 atom stereocenters. The molecule has 1 aromatic carbocycles. The number of phenols is 1. The number of nitrogens with two attached hydrogens (primary N) is 1. The highest BCUT2D eigenvalue weighted by Gasteiger charge is 2.39. The Morgan fingerprint density at radius 1 is 1.41 bits per heavy atom. The average molecular weight is 337 g/mol. The van der Waals surface area contributed by atoms with Gasteiger partial charge < -0.3 is 15.9 Å². The van der Waals surface area contributed by atoms with Gasteiger partial charge in [-0.05, 0) is 12.1 Å². The lowest BCUT2D eigenvalue weighted by atomic mass is 10.0. The first kappa shape index (κ1) is 16.5. The fourth-order valence-corrected chi connectivity index (χ4v) is 1.60. The van der Waals surface area contributed by atoms with Crippen LogP contribution < -0.4 is 5.73 Å². The van der Waals surface area contributed by atoms with Gasteiger partial charge in [0.2, 0.25) is 0 Å². The molecule has 1 aromatic rings. The summed E-state index contributed by atoms with van der Waals surface area (Å²) in [5.74, 6) is -5.64. The molecule has 0 fully saturated rings. The van der Waals surface area contributed by atoms with Crippen molar-refractivity contribution >= 4 is 28.3 Å². The molecule has 0 amide bonds. The van der Waals surface area contributed by atoms with Crippen LogP contribution >= 0.6 is 28.3 Å². The van der Waals surface area contributed by atoms with Crippen molar-refractivity contribution in [1.82, 2.24) is 0 Å². The van der Waals surface area contributed by atoms with Crippen LogP contribution in [-0.4, -0.2) is 22.7 Å². The maximum absolute atomic E-state index is 13.1. The lowest BCUT2D eigenvalue weighted by Crippen LogP contribution is -2.36. The number of aromatic hydroxyl groups is 1. The molecule has 0 aromatic heterocycles. The monoisotopic (exact) mass is 335 g/mol. The van der Waals surface area contributed by atoms with Crippen LogP contribution in [0.3, 0.4) is 0 Å². The first-order valence-corrected chi connectivity index (χ1v) is 5.01. The van der Waals surface area contributed by atoms with Crippen LogP contribution in [0.5, 0.6) is 5.75 Å². The van der Waals surface area contributed by atoms with Crippen LogP contribution in [0.4, 0.5) is 13.2 Å². The highest BCUT2D eigenvalue weighted by atomic mass is 79.9. The van der Waals surface area contributed by atoms with Gasteiger partial charge in [-0.1, -0.05) is 15.9 Å². The molecule has 0 aliphatic rings. The van der Waals surface area contributed by atoms with E-state index in [1.54, 1.807) is 0 Å². The Morgan fingerprint density at radius 2 is 1.94 bits per heavy atom. The Balaban J connectivity index is 0.00000256. The predicted molar refractivity (Wildman–Crippen MR) is 62.0 cm³/mol. The summed E-state index contributed by atoms with van der Waals surface area (Å²) >= 11 is 2.89. The summed E-state index contributed by atoms with van der Waals surface area (Å²) in [6.07, 6.45) is 0. The predicted octanol–water partition coefficient (Wildman–Crippen LogP) is 2.34. The molecule has 0 bridgehead atoms. The summed E-state index contributed by atoms with van der Waals surface area (Å²) in [4.78, 5) is 0. The Morgan fingerprint density at radius 3 is 2.41 bits per heavy atom. The molecule has 1 rings (SSSR count). The maximum atomic E-state index is 13.1. The molecule has 0 saturated carbocycles. The van der Waals surface area contributed by atoms with Gasteiger partial charge in [-0.2, -0.15) is 0 Å². The Kier molecular flexibility index (Phi) is 5.73. The van der Waals surface area contributed by atoms with E-state index in [4.69, 9.17) is 10.8 Å². The summed E-state index contributed by atoms with van der Waals surface area (Å²) in [6.45, 7) is -1.48. The topological polar surface area (TPSA) is 66.5 Å². The van der Waals surface area contributed by atoms with Gasteiger partial charge in [-0.15, -0.1) is 12.4 Å². The smallest absolute Gasteiger partial charge is 0.289 e. The second-order valence-corrected chi connectivity index (χ2v) is 4.14. The zero-order chi connectivity index (χ0) is 12.5. The maximum Gasteiger partial charge on any atom is 0.289 e. The van der Waals surface area contributed by atoms with E-state index in [1.165, 1.54) is 0 Å². The van der Waals surface area contributed by atoms with Gasteiger partial charge in [0.05, 0.1) is 0 Å². The molecule has 17 heavy (non-hydrogen) atoms. The number of alkyl halides is 2. The largest absolute Gasteiger partial charge is 0.505 e. The lowest BCUT2D eigenvalue weighted by Gasteiger charge is -2.22. The summed E-state index contributed by atoms with van der Waals surface area (Å²) in [5.41, 5.74) is 4.70. The zero-order valence-electron chi connectivity index (χ0n) is 8.33. The van der Waals surface area contributed by atoms with Crippen LogP contribution in [0.1, 0.15) is 11.6 Å². The Bertz CT molecular complexity index is 406. The van der Waals surface area contributed by atoms with Crippen LogP contribution in [-0.2, 0) is 0 Å². The third kappa shape index (κ3) is 3.48. The average Bonchev–Trinajstić information content (AvgIpc) is 2.22. The molecule has 0 aliphatic carbocycles. The Hall–Kier alpha value is -0.500. The van der Waals surface area contributed by atoms with Crippen molar-refractivity contribution in [2.24, 2.45) is 5.73 Å². The molecule has 0 heterocycles. The van der Waals surface area contributed by atoms with E-state index in [-0.39, 0.29) is 16.9 Å². The van der Waals surface area contributed by atoms with Gasteiger partial charge in [0.25, 0.3) is 5.92 Å². The van der Waals surface area contributed by atoms with E-state index >= 15 is 0 Å². The number of phenolic OH excluding ortho intramolecular Hbond substituents is 1. The van der Waals surface area contributed by atoms with E-state index in [0.29, 0.717) is 0 Å².